The molecule has 0 spiro atoms. The maximum Gasteiger partial charge on any atom is 0.169 e. The average molecular weight is 230 g/mol. The van der Waals surface area contributed by atoms with Gasteiger partial charge in [0.15, 0.2) is 5.78 Å². The average Bonchev–Trinajstić information content (AvgIpc) is 2.88. The smallest absolute Gasteiger partial charge is 0.169 e. The van der Waals surface area contributed by atoms with E-state index in [2.05, 4.69) is 6.92 Å². The van der Waals surface area contributed by atoms with Gasteiger partial charge >= 0.3 is 0 Å². The Hall–Kier alpha value is -1.31. The van der Waals surface area contributed by atoms with Crippen LogP contribution in [0.2, 0.25) is 0 Å². The molecule has 1 saturated carbocycles. The van der Waals surface area contributed by atoms with Crippen LogP contribution in [0.15, 0.2) is 18.2 Å². The highest BCUT2D eigenvalue weighted by molar-refractivity contribution is 6.05. The summed E-state index contributed by atoms with van der Waals surface area (Å²) in [6.45, 7) is 2.11. The summed E-state index contributed by atoms with van der Waals surface area (Å²) in [5.41, 5.74) is 1.65. The van der Waals surface area contributed by atoms with Crippen molar-refractivity contribution >= 4 is 5.78 Å². The van der Waals surface area contributed by atoms with Gasteiger partial charge in [0.2, 0.25) is 0 Å². The molecule has 0 amide bonds. The van der Waals surface area contributed by atoms with Crippen LogP contribution in [-0.2, 0) is 6.42 Å². The minimum absolute atomic E-state index is 0.216. The molecule has 2 nitrogen and oxygen atoms in total. The van der Waals surface area contributed by atoms with Crippen molar-refractivity contribution in [3.8, 4) is 5.75 Å². The molecule has 1 aromatic rings. The number of carbonyl (C=O) groups is 1. The molecule has 17 heavy (non-hydrogen) atoms. The summed E-state index contributed by atoms with van der Waals surface area (Å²) < 4.78 is 0. The number of ketones is 1. The second-order valence-electron chi connectivity index (χ2n) is 5.75. The molecule has 0 aliphatic heterocycles. The Morgan fingerprint density at radius 2 is 2.00 bits per heavy atom. The van der Waals surface area contributed by atoms with Gasteiger partial charge in [0.1, 0.15) is 5.75 Å². The number of phenols is 1. The molecule has 1 fully saturated rings. The van der Waals surface area contributed by atoms with Crippen LogP contribution in [0.5, 0.6) is 5.75 Å². The summed E-state index contributed by atoms with van der Waals surface area (Å²) >= 11 is 0. The van der Waals surface area contributed by atoms with Gasteiger partial charge in [-0.1, -0.05) is 19.8 Å². The van der Waals surface area contributed by atoms with E-state index in [0.717, 1.165) is 17.5 Å². The maximum atomic E-state index is 12.5. The Kier molecular flexibility index (Phi) is 2.29. The van der Waals surface area contributed by atoms with Crippen molar-refractivity contribution < 1.29 is 9.90 Å². The maximum absolute atomic E-state index is 12.5. The molecule has 1 atom stereocenters. The fraction of sp³-hybridized carbons (Fsp3) is 0.533. The molecule has 1 unspecified atom stereocenters. The van der Waals surface area contributed by atoms with E-state index in [1.165, 1.54) is 25.7 Å². The summed E-state index contributed by atoms with van der Waals surface area (Å²) in [5.74, 6) is 1.09. The number of aromatic hydroxyl groups is 1. The first-order valence-electron chi connectivity index (χ1n) is 6.48. The molecule has 3 rings (SSSR count). The molecule has 0 aromatic heterocycles. The Morgan fingerprint density at radius 1 is 1.29 bits per heavy atom. The van der Waals surface area contributed by atoms with Crippen molar-refractivity contribution in [2.45, 2.75) is 39.0 Å². The van der Waals surface area contributed by atoms with Crippen molar-refractivity contribution in [1.82, 2.24) is 0 Å². The standard InChI is InChI=1S/C15H18O2/c1-15(11-4-2-3-5-11)9-10-8-12(16)6-7-13(10)14(15)17/h6-8,11,16H,2-5,9H2,1H3. The van der Waals surface area contributed by atoms with Gasteiger partial charge in [0.25, 0.3) is 0 Å². The lowest BCUT2D eigenvalue weighted by molar-refractivity contribution is 0.0744. The van der Waals surface area contributed by atoms with Crippen LogP contribution in [0.1, 0.15) is 48.5 Å². The molecule has 1 N–H and O–H groups in total. The molecule has 1 aromatic carbocycles. The van der Waals surface area contributed by atoms with Crippen LogP contribution in [0, 0.1) is 11.3 Å². The van der Waals surface area contributed by atoms with Gasteiger partial charge in [0, 0.05) is 11.0 Å². The number of Topliss-reactive ketones (excluding diaryl/α,β-unsaturated/α-hetero) is 1. The topological polar surface area (TPSA) is 37.3 Å². The van der Waals surface area contributed by atoms with E-state index < -0.39 is 0 Å². The van der Waals surface area contributed by atoms with Crippen LogP contribution >= 0.6 is 0 Å². The third-order valence-corrected chi connectivity index (χ3v) is 4.67. The SMILES string of the molecule is CC1(C2CCCC2)Cc2cc(O)ccc2C1=O. The first-order valence-corrected chi connectivity index (χ1v) is 6.48. The number of phenolic OH excluding ortho intramolecular Hbond substituents is 1. The fourth-order valence-electron chi connectivity index (χ4n) is 3.62. The summed E-state index contributed by atoms with van der Waals surface area (Å²) in [6.07, 6.45) is 5.69. The zero-order valence-electron chi connectivity index (χ0n) is 10.2. The molecule has 0 saturated heterocycles. The van der Waals surface area contributed by atoms with E-state index in [-0.39, 0.29) is 11.2 Å². The van der Waals surface area contributed by atoms with Gasteiger partial charge in [0.05, 0.1) is 0 Å². The molecule has 2 heteroatoms. The zero-order valence-corrected chi connectivity index (χ0v) is 10.2. The third kappa shape index (κ3) is 1.50. The summed E-state index contributed by atoms with van der Waals surface area (Å²) in [7, 11) is 0. The van der Waals surface area contributed by atoms with Crippen LogP contribution < -0.4 is 0 Å². The Bertz CT molecular complexity index is 472. The second kappa shape index (κ2) is 3.59. The van der Waals surface area contributed by atoms with E-state index in [0.29, 0.717) is 11.7 Å². The molecule has 0 heterocycles. The number of hydrogen-bond acceptors (Lipinski definition) is 2. The van der Waals surface area contributed by atoms with Crippen molar-refractivity contribution in [2.24, 2.45) is 11.3 Å². The first-order chi connectivity index (χ1) is 8.11. The van der Waals surface area contributed by atoms with Gasteiger partial charge < -0.3 is 5.11 Å². The summed E-state index contributed by atoms with van der Waals surface area (Å²) in [4.78, 5) is 12.5. The van der Waals surface area contributed by atoms with E-state index in [1.54, 1.807) is 18.2 Å². The van der Waals surface area contributed by atoms with Crippen LogP contribution in [0.4, 0.5) is 0 Å². The highest BCUT2D eigenvalue weighted by atomic mass is 16.3. The number of rotatable bonds is 1. The lowest BCUT2D eigenvalue weighted by Crippen LogP contribution is -2.31. The van der Waals surface area contributed by atoms with Crippen molar-refractivity contribution in [2.75, 3.05) is 0 Å². The second-order valence-corrected chi connectivity index (χ2v) is 5.75. The lowest BCUT2D eigenvalue weighted by atomic mass is 9.73. The van der Waals surface area contributed by atoms with Crippen molar-refractivity contribution in [3.05, 3.63) is 29.3 Å². The lowest BCUT2D eigenvalue weighted by Gasteiger charge is -2.29. The molecule has 2 aliphatic rings. The third-order valence-electron chi connectivity index (χ3n) is 4.67. The van der Waals surface area contributed by atoms with Gasteiger partial charge in [-0.25, -0.2) is 0 Å². The van der Waals surface area contributed by atoms with E-state index in [4.69, 9.17) is 0 Å². The Morgan fingerprint density at radius 3 is 2.71 bits per heavy atom. The fourth-order valence-corrected chi connectivity index (χ4v) is 3.62. The highest BCUT2D eigenvalue weighted by Crippen LogP contribution is 2.48. The predicted octanol–water partition coefficient (Wildman–Crippen LogP) is 3.33. The Balaban J connectivity index is 1.99. The minimum atomic E-state index is -0.216. The molecule has 0 bridgehead atoms. The largest absolute Gasteiger partial charge is 0.508 e. The van der Waals surface area contributed by atoms with Gasteiger partial charge in [-0.3, -0.25) is 4.79 Å². The molecule has 90 valence electrons. The normalized spacial score (nSPS) is 28.6. The van der Waals surface area contributed by atoms with Gasteiger partial charge in [-0.15, -0.1) is 0 Å². The minimum Gasteiger partial charge on any atom is -0.508 e. The number of hydrogen-bond donors (Lipinski definition) is 1. The Labute approximate surface area is 102 Å². The van der Waals surface area contributed by atoms with Gasteiger partial charge in [-0.05, 0) is 48.9 Å². The van der Waals surface area contributed by atoms with Crippen molar-refractivity contribution in [3.63, 3.8) is 0 Å². The monoisotopic (exact) mass is 230 g/mol. The number of fused-ring (bicyclic) bond motifs is 1. The van der Waals surface area contributed by atoms with Crippen LogP contribution in [-0.4, -0.2) is 10.9 Å². The van der Waals surface area contributed by atoms with Crippen LogP contribution in [0.25, 0.3) is 0 Å². The van der Waals surface area contributed by atoms with E-state index >= 15 is 0 Å². The summed E-state index contributed by atoms with van der Waals surface area (Å²) in [5, 5.41) is 9.51. The number of carbonyl (C=O) groups excluding carboxylic acids is 1. The first kappa shape index (κ1) is 10.8. The van der Waals surface area contributed by atoms with E-state index in [1.807, 2.05) is 0 Å². The van der Waals surface area contributed by atoms with Crippen LogP contribution in [0.3, 0.4) is 0 Å². The molecule has 0 radical (unpaired) electrons. The highest BCUT2D eigenvalue weighted by Gasteiger charge is 2.47. The number of benzene rings is 1. The van der Waals surface area contributed by atoms with E-state index in [9.17, 15) is 9.90 Å². The molecular formula is C15H18O2. The molecular weight excluding hydrogens is 212 g/mol. The van der Waals surface area contributed by atoms with Crippen molar-refractivity contribution in [1.29, 1.82) is 0 Å². The molecule has 2 aliphatic carbocycles. The zero-order chi connectivity index (χ0) is 12.0. The quantitative estimate of drug-likeness (QED) is 0.803. The predicted molar refractivity (Wildman–Crippen MR) is 66.2 cm³/mol. The van der Waals surface area contributed by atoms with Gasteiger partial charge in [-0.2, -0.15) is 0 Å². The summed E-state index contributed by atoms with van der Waals surface area (Å²) in [6, 6.07) is 5.16.